The highest BCUT2D eigenvalue weighted by Gasteiger charge is 2.32. The van der Waals surface area contributed by atoms with Crippen LogP contribution in [0.4, 0.5) is 18.9 Å². The molecule has 1 aliphatic carbocycles. The lowest BCUT2D eigenvalue weighted by molar-refractivity contribution is -0.924. The summed E-state index contributed by atoms with van der Waals surface area (Å²) in [6.07, 6.45) is -1.97. The molecule has 9 heteroatoms. The van der Waals surface area contributed by atoms with Gasteiger partial charge in [-0.3, -0.25) is 0 Å². The molecular weight excluding hydrogens is 375 g/mol. The first-order valence-corrected chi connectivity index (χ1v) is 9.65. The van der Waals surface area contributed by atoms with Crippen molar-refractivity contribution in [2.24, 2.45) is 0 Å². The number of piperazine rings is 1. The minimum absolute atomic E-state index is 0.513. The molecule has 0 spiro atoms. The summed E-state index contributed by atoms with van der Waals surface area (Å²) in [5.74, 6) is 0.963. The molecule has 0 amide bonds. The number of aryl methyl sites for hydroxylation is 1. The van der Waals surface area contributed by atoms with Crippen molar-refractivity contribution >= 4 is 17.9 Å². The van der Waals surface area contributed by atoms with E-state index in [0.29, 0.717) is 31.5 Å². The number of halogens is 3. The molecular formula is C18H23F3N5S+. The zero-order valence-electron chi connectivity index (χ0n) is 15.2. The Bertz CT molecular complexity index is 876. The summed E-state index contributed by atoms with van der Waals surface area (Å²) >= 11 is 5.58. The van der Waals surface area contributed by atoms with Crippen LogP contribution in [-0.2, 0) is 12.8 Å². The molecule has 4 rings (SSSR count). The van der Waals surface area contributed by atoms with Gasteiger partial charge in [-0.15, -0.1) is 0 Å². The van der Waals surface area contributed by atoms with Crippen LogP contribution in [-0.4, -0.2) is 40.5 Å². The Labute approximate surface area is 161 Å². The minimum Gasteiger partial charge on any atom is -0.360 e. The standard InChI is InChI=1S/C18H22F3N5S/c1-13-22-25(17(27)26(13)15-5-6-15)12-23-7-9-24(10-8-23)16-4-2-3-14(11-16)18(19,20)21/h2-4,11,15H,5-10,12H2,1H3/p+1. The molecule has 1 aromatic heterocycles. The fraction of sp³-hybridized carbons (Fsp3) is 0.556. The Balaban J connectivity index is 1.40. The van der Waals surface area contributed by atoms with Crippen LogP contribution in [0.15, 0.2) is 24.3 Å². The van der Waals surface area contributed by atoms with Gasteiger partial charge in [0, 0.05) is 11.7 Å². The molecule has 27 heavy (non-hydrogen) atoms. The lowest BCUT2D eigenvalue weighted by Crippen LogP contribution is -3.14. The summed E-state index contributed by atoms with van der Waals surface area (Å²) in [6, 6.07) is 6.09. The highest BCUT2D eigenvalue weighted by Crippen LogP contribution is 2.36. The third kappa shape index (κ3) is 3.89. The number of alkyl halides is 3. The van der Waals surface area contributed by atoms with E-state index in [1.54, 1.807) is 6.07 Å². The van der Waals surface area contributed by atoms with E-state index >= 15 is 0 Å². The van der Waals surface area contributed by atoms with E-state index in [-0.39, 0.29) is 0 Å². The van der Waals surface area contributed by atoms with E-state index in [1.165, 1.54) is 29.9 Å². The number of hydrogen-bond acceptors (Lipinski definition) is 3. The van der Waals surface area contributed by atoms with Crippen LogP contribution in [0.25, 0.3) is 0 Å². The normalized spacial score (nSPS) is 18.9. The monoisotopic (exact) mass is 398 g/mol. The molecule has 0 unspecified atom stereocenters. The first-order valence-electron chi connectivity index (χ1n) is 9.24. The van der Waals surface area contributed by atoms with Crippen LogP contribution in [0.1, 0.15) is 30.3 Å². The predicted octanol–water partition coefficient (Wildman–Crippen LogP) is 2.44. The van der Waals surface area contributed by atoms with Crippen molar-refractivity contribution in [3.05, 3.63) is 40.4 Å². The fourth-order valence-electron chi connectivity index (χ4n) is 3.71. The van der Waals surface area contributed by atoms with E-state index in [0.717, 1.165) is 29.8 Å². The maximum Gasteiger partial charge on any atom is 0.416 e. The molecule has 2 aromatic rings. The average molecular weight is 398 g/mol. The molecule has 2 fully saturated rings. The van der Waals surface area contributed by atoms with E-state index in [1.807, 2.05) is 16.5 Å². The van der Waals surface area contributed by atoms with E-state index in [2.05, 4.69) is 9.67 Å². The maximum atomic E-state index is 12.9. The molecule has 146 valence electrons. The van der Waals surface area contributed by atoms with Crippen molar-refractivity contribution in [2.45, 2.75) is 38.7 Å². The zero-order valence-corrected chi connectivity index (χ0v) is 16.0. The molecule has 0 atom stereocenters. The van der Waals surface area contributed by atoms with Gasteiger partial charge in [-0.1, -0.05) is 6.07 Å². The number of nitrogens with zero attached hydrogens (tertiary/aromatic N) is 4. The summed E-state index contributed by atoms with van der Waals surface area (Å²) in [5, 5.41) is 4.60. The second-order valence-corrected chi connectivity index (χ2v) is 7.74. The Morgan fingerprint density at radius 1 is 1.22 bits per heavy atom. The summed E-state index contributed by atoms with van der Waals surface area (Å²) < 4.78 is 43.6. The number of aromatic nitrogens is 3. The van der Waals surface area contributed by atoms with Crippen LogP contribution in [0.3, 0.4) is 0 Å². The van der Waals surface area contributed by atoms with Gasteiger partial charge in [-0.05, 0) is 50.2 Å². The molecule has 1 saturated carbocycles. The van der Waals surface area contributed by atoms with Crippen LogP contribution in [0, 0.1) is 11.7 Å². The summed E-state index contributed by atoms with van der Waals surface area (Å²) in [5.41, 5.74) is 0.0384. The minimum atomic E-state index is -4.31. The number of nitrogens with one attached hydrogen (secondary N) is 1. The second-order valence-electron chi connectivity index (χ2n) is 7.37. The molecule has 1 N–H and O–H groups in total. The first-order chi connectivity index (χ1) is 12.8. The molecule has 1 aliphatic heterocycles. The first kappa shape index (κ1) is 18.5. The quantitative estimate of drug-likeness (QED) is 0.803. The van der Waals surface area contributed by atoms with Gasteiger partial charge in [-0.2, -0.15) is 23.0 Å². The number of anilines is 1. The van der Waals surface area contributed by atoms with E-state index in [4.69, 9.17) is 12.2 Å². The fourth-order valence-corrected chi connectivity index (χ4v) is 4.10. The summed E-state index contributed by atoms with van der Waals surface area (Å²) in [6.45, 7) is 5.81. The highest BCUT2D eigenvalue weighted by atomic mass is 32.1. The smallest absolute Gasteiger partial charge is 0.360 e. The molecule has 5 nitrogen and oxygen atoms in total. The van der Waals surface area contributed by atoms with Gasteiger partial charge in [0.2, 0.25) is 4.77 Å². The van der Waals surface area contributed by atoms with Gasteiger partial charge in [-0.25, -0.2) is 0 Å². The van der Waals surface area contributed by atoms with Crippen LogP contribution in [0.2, 0.25) is 0 Å². The van der Waals surface area contributed by atoms with Gasteiger partial charge in [0.15, 0.2) is 6.67 Å². The van der Waals surface area contributed by atoms with E-state index in [9.17, 15) is 13.2 Å². The van der Waals surface area contributed by atoms with Crippen molar-refractivity contribution in [2.75, 3.05) is 31.1 Å². The van der Waals surface area contributed by atoms with Gasteiger partial charge in [0.1, 0.15) is 5.82 Å². The lowest BCUT2D eigenvalue weighted by atomic mass is 10.1. The second kappa shape index (κ2) is 6.94. The van der Waals surface area contributed by atoms with Crippen LogP contribution < -0.4 is 9.80 Å². The number of quaternary nitrogens is 1. The molecule has 2 heterocycles. The van der Waals surface area contributed by atoms with Gasteiger partial charge in [0.25, 0.3) is 0 Å². The van der Waals surface area contributed by atoms with Crippen molar-refractivity contribution in [3.8, 4) is 0 Å². The molecule has 0 bridgehead atoms. The lowest BCUT2D eigenvalue weighted by Gasteiger charge is -2.33. The van der Waals surface area contributed by atoms with Crippen molar-refractivity contribution < 1.29 is 18.1 Å². The third-order valence-corrected chi connectivity index (χ3v) is 5.74. The topological polar surface area (TPSA) is 30.4 Å². The maximum absolute atomic E-state index is 12.9. The Kier molecular flexibility index (Phi) is 4.75. The van der Waals surface area contributed by atoms with Crippen molar-refractivity contribution in [1.82, 2.24) is 14.3 Å². The largest absolute Gasteiger partial charge is 0.416 e. The Morgan fingerprint density at radius 2 is 1.93 bits per heavy atom. The highest BCUT2D eigenvalue weighted by molar-refractivity contribution is 7.71. The summed E-state index contributed by atoms with van der Waals surface area (Å²) in [7, 11) is 0. The van der Waals surface area contributed by atoms with Crippen molar-refractivity contribution in [1.29, 1.82) is 0 Å². The average Bonchev–Trinajstić information content (AvgIpc) is 3.42. The Hall–Kier alpha value is -1.87. The SMILES string of the molecule is Cc1nn(C[NH+]2CCN(c3cccc(C(F)(F)F)c3)CC2)c(=S)n1C1CC1. The van der Waals surface area contributed by atoms with Gasteiger partial charge >= 0.3 is 6.18 Å². The molecule has 2 aliphatic rings. The zero-order chi connectivity index (χ0) is 19.2. The van der Waals surface area contributed by atoms with Crippen LogP contribution >= 0.6 is 12.2 Å². The molecule has 1 saturated heterocycles. The third-order valence-electron chi connectivity index (χ3n) is 5.34. The number of benzene rings is 1. The number of rotatable bonds is 4. The molecule has 1 aromatic carbocycles. The van der Waals surface area contributed by atoms with Crippen molar-refractivity contribution in [3.63, 3.8) is 0 Å². The molecule has 0 radical (unpaired) electrons. The number of hydrogen-bond donors (Lipinski definition) is 1. The Morgan fingerprint density at radius 3 is 2.56 bits per heavy atom. The summed E-state index contributed by atoms with van der Waals surface area (Å²) in [4.78, 5) is 3.36. The van der Waals surface area contributed by atoms with Gasteiger partial charge in [0.05, 0.1) is 31.7 Å². The van der Waals surface area contributed by atoms with E-state index < -0.39 is 11.7 Å². The van der Waals surface area contributed by atoms with Crippen LogP contribution in [0.5, 0.6) is 0 Å². The predicted molar refractivity (Wildman–Crippen MR) is 98.4 cm³/mol. The van der Waals surface area contributed by atoms with Gasteiger partial charge < -0.3 is 14.4 Å².